The van der Waals surface area contributed by atoms with E-state index in [1.54, 1.807) is 10.6 Å². The molecule has 1 aromatic heterocycles. The number of hydrogen-bond acceptors (Lipinski definition) is 2. The van der Waals surface area contributed by atoms with Crippen molar-refractivity contribution in [2.24, 2.45) is 0 Å². The summed E-state index contributed by atoms with van der Waals surface area (Å²) in [5.41, 5.74) is -3.23. The van der Waals surface area contributed by atoms with Crippen molar-refractivity contribution in [3.63, 3.8) is 0 Å². The van der Waals surface area contributed by atoms with Crippen LogP contribution in [-0.2, 0) is 25.3 Å². The average Bonchev–Trinajstić information content (AvgIpc) is 2.69. The lowest BCUT2D eigenvalue weighted by molar-refractivity contribution is -0.143. The van der Waals surface area contributed by atoms with E-state index in [1.807, 2.05) is 11.4 Å². The van der Waals surface area contributed by atoms with Crippen molar-refractivity contribution >= 4 is 22.5 Å². The van der Waals surface area contributed by atoms with E-state index in [2.05, 4.69) is 0 Å². The van der Waals surface area contributed by atoms with Gasteiger partial charge in [0, 0.05) is 23.8 Å². The van der Waals surface area contributed by atoms with E-state index in [1.165, 1.54) is 12.3 Å². The highest BCUT2D eigenvalue weighted by molar-refractivity contribution is 6.06. The Labute approximate surface area is 171 Å². The minimum atomic E-state index is -5.05. The molecule has 0 spiro atoms. The van der Waals surface area contributed by atoms with Crippen LogP contribution < -0.4 is 10.7 Å². The number of nitrogens with zero attached hydrogens (tertiary/aromatic N) is 1. The first-order valence-electron chi connectivity index (χ1n) is 9.21. The number of para-hydroxylation sites is 1. The van der Waals surface area contributed by atoms with E-state index in [-0.39, 0.29) is 17.0 Å². The lowest BCUT2D eigenvalue weighted by Gasteiger charge is -2.20. The summed E-state index contributed by atoms with van der Waals surface area (Å²) in [5.74, 6) is -1.08. The number of pyridine rings is 1. The van der Waals surface area contributed by atoms with Crippen molar-refractivity contribution in [2.75, 3.05) is 5.32 Å². The molecular weight excluding hydrogens is 426 g/mol. The van der Waals surface area contributed by atoms with Crippen LogP contribution in [0, 0.1) is 0 Å². The van der Waals surface area contributed by atoms with Crippen molar-refractivity contribution in [2.45, 2.75) is 31.7 Å². The normalized spacial score (nSPS) is 14.0. The second kappa shape index (κ2) is 7.14. The van der Waals surface area contributed by atoms with Crippen molar-refractivity contribution in [1.82, 2.24) is 4.57 Å². The average molecular weight is 440 g/mol. The van der Waals surface area contributed by atoms with Gasteiger partial charge in [0.05, 0.1) is 16.6 Å². The maximum absolute atomic E-state index is 13.0. The molecule has 1 amide bonds. The second-order valence-corrected chi connectivity index (χ2v) is 7.23. The van der Waals surface area contributed by atoms with E-state index in [0.29, 0.717) is 24.2 Å². The van der Waals surface area contributed by atoms with Gasteiger partial charge in [0.15, 0.2) is 0 Å². The van der Waals surface area contributed by atoms with Crippen LogP contribution in [0.5, 0.6) is 0 Å². The summed E-state index contributed by atoms with van der Waals surface area (Å²) in [6.45, 7) is 0.524. The van der Waals surface area contributed by atoms with Crippen LogP contribution in [0.1, 0.15) is 33.5 Å². The number of carbonyl (C=O) groups excluding carboxylic acids is 1. The number of halogens is 6. The standard InChI is InChI=1S/C21H14F6N2O2/c22-20(23,24)12-7-13(21(25,26)27)9-14(8-12)28-19(31)16-10-29-6-2-4-11-3-1-5-15(17(11)29)18(16)30/h1,3,5,7-10H,2,4,6H2,(H,28,31). The molecule has 0 atom stereocenters. The molecule has 0 radical (unpaired) electrons. The fraction of sp³-hybridized carbons (Fsp3) is 0.238. The molecule has 4 rings (SSSR count). The Hall–Kier alpha value is -3.30. The van der Waals surface area contributed by atoms with Crippen molar-refractivity contribution in [3.05, 3.63) is 75.1 Å². The zero-order valence-corrected chi connectivity index (χ0v) is 15.7. The fourth-order valence-corrected chi connectivity index (χ4v) is 3.74. The molecule has 0 saturated carbocycles. The third kappa shape index (κ3) is 3.89. The SMILES string of the molecule is O=C(Nc1cc(C(F)(F)F)cc(C(F)(F)F)c1)c1cn2c3c(cccc3c1=O)CCC2. The molecule has 0 saturated heterocycles. The van der Waals surface area contributed by atoms with Crippen LogP contribution in [-0.4, -0.2) is 10.5 Å². The summed E-state index contributed by atoms with van der Waals surface area (Å²) < 4.78 is 80.0. The zero-order chi connectivity index (χ0) is 22.6. The molecule has 0 bridgehead atoms. The molecule has 31 heavy (non-hydrogen) atoms. The molecule has 2 heterocycles. The van der Waals surface area contributed by atoms with Gasteiger partial charge in [-0.05, 0) is 42.7 Å². The van der Waals surface area contributed by atoms with Crippen LogP contribution in [0.3, 0.4) is 0 Å². The molecular formula is C21H14F6N2O2. The van der Waals surface area contributed by atoms with Crippen LogP contribution in [0.2, 0.25) is 0 Å². The molecule has 162 valence electrons. The van der Waals surface area contributed by atoms with E-state index in [9.17, 15) is 35.9 Å². The summed E-state index contributed by atoms with van der Waals surface area (Å²) in [5, 5.41) is 2.29. The number of amides is 1. The number of alkyl halides is 6. The molecule has 1 aliphatic rings. The topological polar surface area (TPSA) is 51.1 Å². The molecule has 3 aromatic rings. The minimum absolute atomic E-state index is 0.0355. The zero-order valence-electron chi connectivity index (χ0n) is 15.7. The highest BCUT2D eigenvalue weighted by atomic mass is 19.4. The molecule has 2 aromatic carbocycles. The van der Waals surface area contributed by atoms with Crippen molar-refractivity contribution < 1.29 is 31.1 Å². The number of anilines is 1. The molecule has 0 aliphatic carbocycles. The summed E-state index contributed by atoms with van der Waals surface area (Å²) >= 11 is 0. The van der Waals surface area contributed by atoms with Crippen LogP contribution in [0.15, 0.2) is 47.4 Å². The van der Waals surface area contributed by atoms with Gasteiger partial charge >= 0.3 is 12.4 Å². The Morgan fingerprint density at radius 3 is 2.23 bits per heavy atom. The third-order valence-electron chi connectivity index (χ3n) is 5.12. The summed E-state index contributed by atoms with van der Waals surface area (Å²) in [4.78, 5) is 25.5. The highest BCUT2D eigenvalue weighted by Crippen LogP contribution is 2.37. The minimum Gasteiger partial charge on any atom is -0.346 e. The van der Waals surface area contributed by atoms with Crippen LogP contribution >= 0.6 is 0 Å². The van der Waals surface area contributed by atoms with E-state index in [0.717, 1.165) is 18.4 Å². The fourth-order valence-electron chi connectivity index (χ4n) is 3.74. The summed E-state index contributed by atoms with van der Waals surface area (Å²) in [6.07, 6.45) is -7.29. The highest BCUT2D eigenvalue weighted by Gasteiger charge is 2.37. The van der Waals surface area contributed by atoms with Crippen LogP contribution in [0.4, 0.5) is 32.0 Å². The number of nitrogens with one attached hydrogen (secondary N) is 1. The monoisotopic (exact) mass is 440 g/mol. The first kappa shape index (κ1) is 21.0. The number of rotatable bonds is 2. The van der Waals surface area contributed by atoms with Crippen molar-refractivity contribution in [1.29, 1.82) is 0 Å². The Bertz CT molecular complexity index is 1230. The number of aromatic nitrogens is 1. The van der Waals surface area contributed by atoms with Gasteiger partial charge in [-0.1, -0.05) is 12.1 Å². The molecule has 1 N–H and O–H groups in total. The third-order valence-corrected chi connectivity index (χ3v) is 5.12. The molecule has 0 fully saturated rings. The van der Waals surface area contributed by atoms with E-state index >= 15 is 0 Å². The second-order valence-electron chi connectivity index (χ2n) is 7.23. The van der Waals surface area contributed by atoms with Gasteiger partial charge in [-0.25, -0.2) is 0 Å². The van der Waals surface area contributed by atoms with Crippen LogP contribution in [0.25, 0.3) is 10.9 Å². The lowest BCUT2D eigenvalue weighted by atomic mass is 9.99. The maximum atomic E-state index is 13.0. The van der Waals surface area contributed by atoms with E-state index < -0.39 is 40.5 Å². The Morgan fingerprint density at radius 2 is 1.61 bits per heavy atom. The van der Waals surface area contributed by atoms with Gasteiger partial charge in [0.2, 0.25) is 5.43 Å². The molecule has 10 heteroatoms. The van der Waals surface area contributed by atoms with Gasteiger partial charge in [-0.2, -0.15) is 26.3 Å². The largest absolute Gasteiger partial charge is 0.416 e. The predicted octanol–water partition coefficient (Wildman–Crippen LogP) is 5.24. The van der Waals surface area contributed by atoms with Gasteiger partial charge in [-0.3, -0.25) is 9.59 Å². The van der Waals surface area contributed by atoms with Crippen molar-refractivity contribution in [3.8, 4) is 0 Å². The maximum Gasteiger partial charge on any atom is 0.416 e. The Morgan fingerprint density at radius 1 is 0.968 bits per heavy atom. The van der Waals surface area contributed by atoms with E-state index in [4.69, 9.17) is 0 Å². The molecule has 4 nitrogen and oxygen atoms in total. The van der Waals surface area contributed by atoms with Gasteiger partial charge in [0.1, 0.15) is 5.56 Å². The molecule has 0 unspecified atom stereocenters. The number of aryl methyl sites for hydroxylation is 2. The Balaban J connectivity index is 1.78. The first-order chi connectivity index (χ1) is 14.4. The summed E-state index contributed by atoms with van der Waals surface area (Å²) in [7, 11) is 0. The van der Waals surface area contributed by atoms with Gasteiger partial charge < -0.3 is 9.88 Å². The summed E-state index contributed by atoms with van der Waals surface area (Å²) in [6, 6.07) is 5.82. The molecule has 1 aliphatic heterocycles. The smallest absolute Gasteiger partial charge is 0.346 e. The Kier molecular flexibility index (Phi) is 4.83. The first-order valence-corrected chi connectivity index (χ1v) is 9.21. The number of benzene rings is 2. The van der Waals surface area contributed by atoms with Gasteiger partial charge in [0.25, 0.3) is 5.91 Å². The quantitative estimate of drug-likeness (QED) is 0.555. The number of carbonyl (C=O) groups is 1. The van der Waals surface area contributed by atoms with Gasteiger partial charge in [-0.15, -0.1) is 0 Å². The lowest BCUT2D eigenvalue weighted by Crippen LogP contribution is -2.26. The number of hydrogen-bond donors (Lipinski definition) is 1. The predicted molar refractivity (Wildman–Crippen MR) is 101 cm³/mol.